The summed E-state index contributed by atoms with van der Waals surface area (Å²) in [5.41, 5.74) is 20.8. The SMILES string of the molecule is C.C=C1N=C(N)C(C)=CN1.C=C1N=C(N)C=CN1.C=C1NC=C(C)C(=O)N1.C=C1NC=CC(=O)N1.Cc1nc2nc[nH]c2c(=O)[nH]1.Nc1ccnc2nc[nH]c12. The van der Waals surface area contributed by atoms with Crippen LogP contribution in [0.25, 0.3) is 22.3 Å². The van der Waals surface area contributed by atoms with Crippen LogP contribution in [0.2, 0.25) is 0 Å². The van der Waals surface area contributed by atoms with Crippen LogP contribution in [0.1, 0.15) is 27.1 Å². The Balaban J connectivity index is 0.000000232. The number of aromatic nitrogens is 7. The molecule has 0 aliphatic carbocycles. The fourth-order valence-electron chi connectivity index (χ4n) is 3.78. The van der Waals surface area contributed by atoms with Crippen LogP contribution in [0.5, 0.6) is 0 Å². The maximum absolute atomic E-state index is 11.1. The first-order valence-electron chi connectivity index (χ1n) is 15.9. The van der Waals surface area contributed by atoms with Crippen molar-refractivity contribution in [2.24, 2.45) is 21.5 Å². The van der Waals surface area contributed by atoms with E-state index < -0.39 is 0 Å². The molecule has 0 spiro atoms. The lowest BCUT2D eigenvalue weighted by Crippen LogP contribution is -2.33. The largest absolute Gasteiger partial charge is 0.397 e. The summed E-state index contributed by atoms with van der Waals surface area (Å²) in [7, 11) is 0. The lowest BCUT2D eigenvalue weighted by Gasteiger charge is -2.13. The van der Waals surface area contributed by atoms with Gasteiger partial charge in [0, 0.05) is 48.2 Å². The van der Waals surface area contributed by atoms with Gasteiger partial charge < -0.3 is 64.1 Å². The number of nitrogens with one attached hydrogen (secondary N) is 9. The summed E-state index contributed by atoms with van der Waals surface area (Å²) in [4.78, 5) is 63.8. The second-order valence-corrected chi connectivity index (χ2v) is 11.0. The number of hydrogen-bond donors (Lipinski definition) is 12. The highest BCUT2D eigenvalue weighted by atomic mass is 16.2. The monoisotopic (exact) mass is 766 g/mol. The lowest BCUT2D eigenvalue weighted by atomic mass is 10.3. The van der Waals surface area contributed by atoms with Gasteiger partial charge in [-0.15, -0.1) is 0 Å². The van der Waals surface area contributed by atoms with Crippen molar-refractivity contribution in [3.63, 3.8) is 0 Å². The molecule has 21 nitrogen and oxygen atoms in total. The Morgan fingerprint density at radius 1 is 0.679 bits per heavy atom. The number of rotatable bonds is 0. The number of pyridine rings is 1. The Bertz CT molecular complexity index is 2320. The van der Waals surface area contributed by atoms with Gasteiger partial charge in [-0.25, -0.2) is 29.9 Å². The molecule has 15 N–H and O–H groups in total. The third-order valence-corrected chi connectivity index (χ3v) is 6.51. The maximum atomic E-state index is 11.1. The van der Waals surface area contributed by atoms with Gasteiger partial charge in [0.15, 0.2) is 16.8 Å². The second-order valence-electron chi connectivity index (χ2n) is 11.0. The zero-order valence-corrected chi connectivity index (χ0v) is 30.2. The van der Waals surface area contributed by atoms with E-state index in [0.717, 1.165) is 11.1 Å². The fraction of sp³-hybridized carbons (Fsp3) is 0.114. The predicted octanol–water partition coefficient (Wildman–Crippen LogP) is 1.16. The Morgan fingerprint density at radius 2 is 1.30 bits per heavy atom. The molecule has 4 aromatic heterocycles. The van der Waals surface area contributed by atoms with Gasteiger partial charge in [-0.2, -0.15) is 0 Å². The van der Waals surface area contributed by atoms with Gasteiger partial charge in [0.05, 0.1) is 18.3 Å². The number of H-pyrrole nitrogens is 3. The van der Waals surface area contributed by atoms with E-state index >= 15 is 0 Å². The van der Waals surface area contributed by atoms with E-state index in [1.807, 2.05) is 6.92 Å². The van der Waals surface area contributed by atoms with Crippen LogP contribution in [-0.2, 0) is 9.59 Å². The van der Waals surface area contributed by atoms with Crippen molar-refractivity contribution in [1.29, 1.82) is 0 Å². The molecule has 0 saturated carbocycles. The Hall–Kier alpha value is -8.23. The molecular weight excluding hydrogens is 721 g/mol. The quantitative estimate of drug-likeness (QED) is 0.120. The first-order valence-corrected chi connectivity index (χ1v) is 15.9. The summed E-state index contributed by atoms with van der Waals surface area (Å²) in [6.07, 6.45) is 14.4. The number of imidazole rings is 2. The van der Waals surface area contributed by atoms with Crippen LogP contribution in [0.15, 0.2) is 137 Å². The van der Waals surface area contributed by atoms with E-state index in [0.29, 0.717) is 68.9 Å². The molecule has 21 heteroatoms. The summed E-state index contributed by atoms with van der Waals surface area (Å²) in [5.74, 6) is 3.64. The van der Waals surface area contributed by atoms with Crippen LogP contribution >= 0.6 is 0 Å². The first-order chi connectivity index (χ1) is 26.1. The zero-order chi connectivity index (χ0) is 40.5. The second kappa shape index (κ2) is 21.3. The molecule has 0 bridgehead atoms. The van der Waals surface area contributed by atoms with Gasteiger partial charge in [0.25, 0.3) is 17.4 Å². The van der Waals surface area contributed by atoms with Gasteiger partial charge in [0.1, 0.15) is 46.3 Å². The minimum atomic E-state index is -0.176. The number of aliphatic imine (C=N–C) groups is 2. The van der Waals surface area contributed by atoms with E-state index in [2.05, 4.69) is 103 Å². The van der Waals surface area contributed by atoms with Crippen LogP contribution < -0.4 is 54.7 Å². The summed E-state index contributed by atoms with van der Waals surface area (Å²) in [6, 6.07) is 1.74. The molecular formula is C35H46N18O3. The number of fused-ring (bicyclic) bond motifs is 2. The normalized spacial score (nSPS) is 14.8. The number of carbonyl (C=O) groups is 2. The van der Waals surface area contributed by atoms with Crippen molar-refractivity contribution in [3.05, 3.63) is 139 Å². The van der Waals surface area contributed by atoms with Gasteiger partial charge in [0.2, 0.25) is 0 Å². The van der Waals surface area contributed by atoms with E-state index in [1.54, 1.807) is 63.3 Å². The molecule has 0 saturated heterocycles. The molecule has 8 heterocycles. The van der Waals surface area contributed by atoms with E-state index in [4.69, 9.17) is 17.2 Å². The number of nitrogens with two attached hydrogens (primary N) is 3. The molecule has 8 rings (SSSR count). The molecule has 56 heavy (non-hydrogen) atoms. The highest BCUT2D eigenvalue weighted by Crippen LogP contribution is 2.12. The van der Waals surface area contributed by atoms with Crippen LogP contribution in [0, 0.1) is 6.92 Å². The average molecular weight is 767 g/mol. The van der Waals surface area contributed by atoms with Crippen molar-refractivity contribution < 1.29 is 9.59 Å². The maximum Gasteiger partial charge on any atom is 0.276 e. The molecule has 4 aromatic rings. The fourth-order valence-corrected chi connectivity index (χ4v) is 3.78. The minimum absolute atomic E-state index is 0. The molecule has 0 atom stereocenters. The number of aromatic amines is 3. The highest BCUT2D eigenvalue weighted by molar-refractivity contribution is 5.97. The van der Waals surface area contributed by atoms with Crippen molar-refractivity contribution >= 4 is 51.5 Å². The third-order valence-electron chi connectivity index (χ3n) is 6.51. The van der Waals surface area contributed by atoms with Crippen LogP contribution in [0.3, 0.4) is 0 Å². The summed E-state index contributed by atoms with van der Waals surface area (Å²) in [6.45, 7) is 19.4. The Kier molecular flexibility index (Phi) is 16.7. The summed E-state index contributed by atoms with van der Waals surface area (Å²) < 4.78 is 0. The number of amides is 2. The topological polar surface area (TPSA) is 325 Å². The molecule has 4 aliphatic rings. The number of anilines is 1. The van der Waals surface area contributed by atoms with Crippen LogP contribution in [-0.4, -0.2) is 58.4 Å². The average Bonchev–Trinajstić information content (AvgIpc) is 3.81. The number of hydrogen-bond acceptors (Lipinski definition) is 16. The van der Waals surface area contributed by atoms with E-state index in [9.17, 15) is 14.4 Å². The van der Waals surface area contributed by atoms with Crippen molar-refractivity contribution in [3.8, 4) is 0 Å². The van der Waals surface area contributed by atoms with Crippen molar-refractivity contribution in [2.75, 3.05) is 5.73 Å². The minimum Gasteiger partial charge on any atom is -0.397 e. The number of nitrogens with zero attached hydrogens (tertiary/aromatic N) is 6. The summed E-state index contributed by atoms with van der Waals surface area (Å²) in [5, 5.41) is 16.1. The molecule has 0 radical (unpaired) electrons. The van der Waals surface area contributed by atoms with Gasteiger partial charge in [-0.1, -0.05) is 33.7 Å². The van der Waals surface area contributed by atoms with Gasteiger partial charge >= 0.3 is 0 Å². The van der Waals surface area contributed by atoms with E-state index in [-0.39, 0.29) is 24.8 Å². The summed E-state index contributed by atoms with van der Waals surface area (Å²) >= 11 is 0. The highest BCUT2D eigenvalue weighted by Gasteiger charge is 2.08. The third kappa shape index (κ3) is 14.4. The van der Waals surface area contributed by atoms with Crippen LogP contribution in [0.4, 0.5) is 5.69 Å². The number of carbonyl (C=O) groups excluding carboxylic acids is 2. The lowest BCUT2D eigenvalue weighted by molar-refractivity contribution is -0.117. The molecule has 4 aliphatic heterocycles. The van der Waals surface area contributed by atoms with Gasteiger partial charge in [-0.3, -0.25) is 14.4 Å². The molecule has 0 aromatic carbocycles. The Morgan fingerprint density at radius 3 is 1.84 bits per heavy atom. The Labute approximate surface area is 321 Å². The van der Waals surface area contributed by atoms with Crippen molar-refractivity contribution in [2.45, 2.75) is 28.2 Å². The first kappa shape index (κ1) is 43.9. The standard InChI is InChI=1S/C6H6N4O.C6H6N4.C6H9N3.C6H8N2O.C5H7N3.C5H6N2O.CH4/c1-3-9-5-4(6(11)10-3)7-2-8-5;7-4-1-2-8-6-5(4)9-3-10-6;1-4-3-8-5(2)9-6(4)7;1-4-3-7-5(2)8-6(4)9;1-4-7-3-2-5(6)8-4;1-4-6-3-2-5(8)7-4;/h2H,1H3,(H2,7,8,9,10,11);1-3H,(H3,7,8,9,10);3,8H,2H2,1H3,(H2,7,9);3,7H,2H2,1H3,(H,8,9);2-3,7H,1H2,(H2,6,8);2-3,6H,1H2,(H,7,8);1H4. The molecule has 0 unspecified atom stereocenters. The number of aryl methyl sites for hydroxylation is 1. The van der Waals surface area contributed by atoms with Gasteiger partial charge in [-0.05, 0) is 32.9 Å². The predicted molar refractivity (Wildman–Crippen MR) is 219 cm³/mol. The number of nitrogen functional groups attached to an aromatic ring is 1. The van der Waals surface area contributed by atoms with Crippen molar-refractivity contribution in [1.82, 2.24) is 66.8 Å². The smallest absolute Gasteiger partial charge is 0.276 e. The number of amidine groups is 2. The molecule has 0 fully saturated rings. The molecule has 2 amide bonds. The van der Waals surface area contributed by atoms with E-state index in [1.165, 1.54) is 12.4 Å². The molecule has 294 valence electrons. The zero-order valence-electron chi connectivity index (χ0n) is 30.2.